The Morgan fingerprint density at radius 1 is 1.27 bits per heavy atom. The third kappa shape index (κ3) is 8.68. The Morgan fingerprint density at radius 3 is 2.69 bits per heavy atom. The molecule has 1 heterocycles. The normalized spacial score (nSPS) is 16.7. The number of nitrogens with one attached hydrogen (secondary N) is 2. The Kier molecular flexibility index (Phi) is 11.9. The summed E-state index contributed by atoms with van der Waals surface area (Å²) in [6.07, 6.45) is 3.40. The van der Waals surface area contributed by atoms with E-state index in [1.165, 1.54) is 11.1 Å². The van der Waals surface area contributed by atoms with Gasteiger partial charge in [0.2, 0.25) is 0 Å². The molecule has 148 valence electrons. The molecular formula is C20H34IN3O2. The molecule has 1 saturated heterocycles. The lowest BCUT2D eigenvalue weighted by Gasteiger charge is -2.22. The molecule has 5 nitrogen and oxygen atoms in total. The molecule has 0 amide bonds. The van der Waals surface area contributed by atoms with Crippen molar-refractivity contribution in [1.82, 2.24) is 10.6 Å². The molecule has 0 aromatic heterocycles. The molecule has 1 fully saturated rings. The lowest BCUT2D eigenvalue weighted by molar-refractivity contribution is -0.0390. The van der Waals surface area contributed by atoms with E-state index >= 15 is 0 Å². The second-order valence-corrected chi connectivity index (χ2v) is 6.59. The van der Waals surface area contributed by atoms with Gasteiger partial charge in [-0.05, 0) is 44.2 Å². The first-order chi connectivity index (χ1) is 12.2. The summed E-state index contributed by atoms with van der Waals surface area (Å²) in [6, 6.07) is 8.93. The third-order valence-corrected chi connectivity index (χ3v) is 4.40. The second kappa shape index (κ2) is 13.3. The maximum atomic E-state index is 6.01. The van der Waals surface area contributed by atoms with Crippen LogP contribution in [0.15, 0.2) is 29.3 Å². The third-order valence-electron chi connectivity index (χ3n) is 4.40. The number of nitrogens with zero attached hydrogens (tertiary/aromatic N) is 1. The van der Waals surface area contributed by atoms with E-state index < -0.39 is 0 Å². The van der Waals surface area contributed by atoms with E-state index in [0.29, 0.717) is 25.3 Å². The Morgan fingerprint density at radius 2 is 2.00 bits per heavy atom. The van der Waals surface area contributed by atoms with Crippen LogP contribution in [-0.4, -0.2) is 37.9 Å². The summed E-state index contributed by atoms with van der Waals surface area (Å²) in [5.74, 6) is 0.876. The summed E-state index contributed by atoms with van der Waals surface area (Å²) in [6.45, 7) is 10.2. The van der Waals surface area contributed by atoms with Crippen molar-refractivity contribution >= 4 is 29.9 Å². The van der Waals surface area contributed by atoms with Crippen molar-refractivity contribution in [1.29, 1.82) is 0 Å². The Bertz CT molecular complexity index is 534. The quantitative estimate of drug-likeness (QED) is 0.341. The van der Waals surface area contributed by atoms with Crippen LogP contribution in [-0.2, 0) is 22.6 Å². The second-order valence-electron chi connectivity index (χ2n) is 6.59. The lowest BCUT2D eigenvalue weighted by atomic mass is 10.1. The Balaban J connectivity index is 0.00000338. The first-order valence-electron chi connectivity index (χ1n) is 9.53. The predicted octanol–water partition coefficient (Wildman–Crippen LogP) is 3.85. The molecule has 0 spiro atoms. The van der Waals surface area contributed by atoms with Crippen molar-refractivity contribution in [2.45, 2.75) is 65.3 Å². The van der Waals surface area contributed by atoms with E-state index in [-0.39, 0.29) is 24.0 Å². The first-order valence-corrected chi connectivity index (χ1v) is 9.53. The molecule has 1 atom stereocenters. The van der Waals surface area contributed by atoms with Crippen molar-refractivity contribution in [3.05, 3.63) is 35.4 Å². The Labute approximate surface area is 175 Å². The fourth-order valence-corrected chi connectivity index (χ4v) is 2.70. The summed E-state index contributed by atoms with van der Waals surface area (Å²) in [7, 11) is 0. The number of ether oxygens (including phenoxy) is 2. The van der Waals surface area contributed by atoms with E-state index in [1.54, 1.807) is 0 Å². The van der Waals surface area contributed by atoms with E-state index in [1.807, 2.05) is 0 Å². The number of halogens is 1. The molecule has 0 saturated carbocycles. The van der Waals surface area contributed by atoms with E-state index in [0.717, 1.165) is 45.0 Å². The largest absolute Gasteiger partial charge is 0.381 e. The number of aliphatic imine (C=N–C) groups is 1. The number of rotatable bonds is 8. The van der Waals surface area contributed by atoms with Gasteiger partial charge in [0, 0.05) is 25.8 Å². The van der Waals surface area contributed by atoms with Crippen LogP contribution >= 0.6 is 24.0 Å². The molecule has 6 heteroatoms. The van der Waals surface area contributed by atoms with Gasteiger partial charge in [-0.3, -0.25) is 0 Å². The van der Waals surface area contributed by atoms with Gasteiger partial charge in [0.15, 0.2) is 5.96 Å². The lowest BCUT2D eigenvalue weighted by Crippen LogP contribution is -2.41. The maximum absolute atomic E-state index is 6.01. The van der Waals surface area contributed by atoms with Gasteiger partial charge in [-0.25, -0.2) is 4.99 Å². The zero-order valence-corrected chi connectivity index (χ0v) is 18.6. The average Bonchev–Trinajstić information content (AvgIpc) is 2.65. The molecule has 0 bridgehead atoms. The van der Waals surface area contributed by atoms with E-state index in [9.17, 15) is 0 Å². The number of benzene rings is 1. The molecule has 1 unspecified atom stereocenters. The van der Waals surface area contributed by atoms with Crippen LogP contribution in [0.25, 0.3) is 0 Å². The fraction of sp³-hybridized carbons (Fsp3) is 0.650. The van der Waals surface area contributed by atoms with Crippen molar-refractivity contribution in [3.63, 3.8) is 0 Å². The van der Waals surface area contributed by atoms with Gasteiger partial charge in [-0.15, -0.1) is 24.0 Å². The van der Waals surface area contributed by atoms with Crippen LogP contribution in [0.3, 0.4) is 0 Å². The molecule has 1 aliphatic rings. The summed E-state index contributed by atoms with van der Waals surface area (Å²) in [5.41, 5.74) is 2.41. The monoisotopic (exact) mass is 475 g/mol. The predicted molar refractivity (Wildman–Crippen MR) is 118 cm³/mol. The van der Waals surface area contributed by atoms with Crippen molar-refractivity contribution in [2.75, 3.05) is 19.8 Å². The molecule has 1 aliphatic heterocycles. The van der Waals surface area contributed by atoms with E-state index in [4.69, 9.17) is 14.5 Å². The van der Waals surface area contributed by atoms with Gasteiger partial charge in [-0.2, -0.15) is 0 Å². The summed E-state index contributed by atoms with van der Waals surface area (Å²) in [4.78, 5) is 4.70. The SMILES string of the molecule is CCNC(=NCc1cccc(COC2CCOCC2)c1)NC(C)CC.I. The van der Waals surface area contributed by atoms with Gasteiger partial charge in [0.25, 0.3) is 0 Å². The zero-order valence-electron chi connectivity index (χ0n) is 16.3. The summed E-state index contributed by atoms with van der Waals surface area (Å²) in [5, 5.41) is 6.73. The highest BCUT2D eigenvalue weighted by Gasteiger charge is 2.14. The molecule has 1 aromatic carbocycles. The number of hydrogen-bond donors (Lipinski definition) is 2. The van der Waals surface area contributed by atoms with Crippen LogP contribution in [0.4, 0.5) is 0 Å². The minimum Gasteiger partial charge on any atom is -0.381 e. The molecule has 0 radical (unpaired) electrons. The van der Waals surface area contributed by atoms with Crippen molar-refractivity contribution in [3.8, 4) is 0 Å². The Hall–Kier alpha value is -0.860. The summed E-state index contributed by atoms with van der Waals surface area (Å²) < 4.78 is 11.4. The smallest absolute Gasteiger partial charge is 0.191 e. The van der Waals surface area contributed by atoms with Crippen molar-refractivity contribution in [2.24, 2.45) is 4.99 Å². The molecule has 2 rings (SSSR count). The van der Waals surface area contributed by atoms with Crippen LogP contribution in [0.1, 0.15) is 51.2 Å². The molecular weight excluding hydrogens is 441 g/mol. The first kappa shape index (κ1) is 23.2. The van der Waals surface area contributed by atoms with E-state index in [2.05, 4.69) is 55.7 Å². The average molecular weight is 475 g/mol. The highest BCUT2D eigenvalue weighted by atomic mass is 127. The van der Waals surface area contributed by atoms with Crippen LogP contribution in [0, 0.1) is 0 Å². The number of hydrogen-bond acceptors (Lipinski definition) is 3. The minimum absolute atomic E-state index is 0. The minimum atomic E-state index is 0. The van der Waals surface area contributed by atoms with Gasteiger partial charge < -0.3 is 20.1 Å². The summed E-state index contributed by atoms with van der Waals surface area (Å²) >= 11 is 0. The molecule has 26 heavy (non-hydrogen) atoms. The topological polar surface area (TPSA) is 54.9 Å². The molecule has 0 aliphatic carbocycles. The molecule has 1 aromatic rings. The fourth-order valence-electron chi connectivity index (χ4n) is 2.70. The zero-order chi connectivity index (χ0) is 17.9. The van der Waals surface area contributed by atoms with Gasteiger partial charge in [0.1, 0.15) is 0 Å². The highest BCUT2D eigenvalue weighted by Crippen LogP contribution is 2.14. The highest BCUT2D eigenvalue weighted by molar-refractivity contribution is 14.0. The van der Waals surface area contributed by atoms with Crippen LogP contribution in [0.5, 0.6) is 0 Å². The van der Waals surface area contributed by atoms with Crippen LogP contribution in [0.2, 0.25) is 0 Å². The maximum Gasteiger partial charge on any atom is 0.191 e. The number of guanidine groups is 1. The van der Waals surface area contributed by atoms with Gasteiger partial charge >= 0.3 is 0 Å². The van der Waals surface area contributed by atoms with Gasteiger partial charge in [0.05, 0.1) is 19.3 Å². The molecule has 2 N–H and O–H groups in total. The van der Waals surface area contributed by atoms with Gasteiger partial charge in [-0.1, -0.05) is 31.2 Å². The van der Waals surface area contributed by atoms with Crippen LogP contribution < -0.4 is 10.6 Å². The standard InChI is InChI=1S/C20H33N3O2.HI/c1-4-16(3)23-20(21-5-2)22-14-17-7-6-8-18(13-17)15-25-19-9-11-24-12-10-19;/h6-8,13,16,19H,4-5,9-12,14-15H2,1-3H3,(H2,21,22,23);1H. The van der Waals surface area contributed by atoms with Crippen molar-refractivity contribution < 1.29 is 9.47 Å².